The van der Waals surface area contributed by atoms with E-state index in [9.17, 15) is 9.59 Å². The van der Waals surface area contributed by atoms with E-state index < -0.39 is 5.97 Å². The number of benzene rings is 1. The Morgan fingerprint density at radius 3 is 2.83 bits per heavy atom. The summed E-state index contributed by atoms with van der Waals surface area (Å²) in [4.78, 5) is 25.1. The number of nitrogens with zero attached hydrogens (tertiary/aromatic N) is 1. The maximum absolute atomic E-state index is 12.4. The highest BCUT2D eigenvalue weighted by molar-refractivity contribution is 5.99. The molecule has 1 aromatic rings. The lowest BCUT2D eigenvalue weighted by molar-refractivity contribution is -0.135. The molecule has 0 radical (unpaired) electrons. The molecule has 2 N–H and O–H groups in total. The summed E-state index contributed by atoms with van der Waals surface area (Å²) in [5, 5.41) is 12.3. The fourth-order valence-corrected chi connectivity index (χ4v) is 3.24. The number of carbonyl (C=O) groups is 2. The number of fused-ring (bicyclic) bond motifs is 1. The van der Waals surface area contributed by atoms with Crippen molar-refractivity contribution < 1.29 is 19.4 Å². The summed E-state index contributed by atoms with van der Waals surface area (Å²) < 4.78 is 5.55. The first-order chi connectivity index (χ1) is 11.1. The van der Waals surface area contributed by atoms with Gasteiger partial charge in [-0.15, -0.1) is 0 Å². The van der Waals surface area contributed by atoms with Crippen molar-refractivity contribution >= 4 is 17.4 Å². The van der Waals surface area contributed by atoms with Gasteiger partial charge in [0.15, 0.2) is 5.78 Å². The summed E-state index contributed by atoms with van der Waals surface area (Å²) in [5.41, 5.74) is 1.28. The predicted molar refractivity (Wildman–Crippen MR) is 86.4 cm³/mol. The molecule has 0 aromatic heterocycles. The largest absolute Gasteiger partial charge is 0.490 e. The van der Waals surface area contributed by atoms with E-state index in [4.69, 9.17) is 9.84 Å². The van der Waals surface area contributed by atoms with Crippen LogP contribution in [0.1, 0.15) is 36.0 Å². The van der Waals surface area contributed by atoms with Gasteiger partial charge in [-0.3, -0.25) is 9.59 Å². The van der Waals surface area contributed by atoms with Crippen molar-refractivity contribution in [2.45, 2.75) is 31.7 Å². The molecule has 1 heterocycles. The van der Waals surface area contributed by atoms with Crippen LogP contribution in [0.25, 0.3) is 0 Å². The second-order valence-corrected chi connectivity index (χ2v) is 6.13. The van der Waals surface area contributed by atoms with E-state index in [1.807, 2.05) is 0 Å². The van der Waals surface area contributed by atoms with Gasteiger partial charge in [0, 0.05) is 11.6 Å². The first-order valence-electron chi connectivity index (χ1n) is 8.13. The first kappa shape index (κ1) is 15.8. The summed E-state index contributed by atoms with van der Waals surface area (Å²) in [6.07, 6.45) is 4.73. The Bertz CT molecular complexity index is 596. The second-order valence-electron chi connectivity index (χ2n) is 6.13. The van der Waals surface area contributed by atoms with Gasteiger partial charge in [-0.2, -0.15) is 0 Å². The minimum atomic E-state index is -0.891. The first-order valence-corrected chi connectivity index (χ1v) is 8.13. The standard InChI is InChI=1S/C17H22N2O4/c20-15(10-18-13-3-1-2-4-13)12-5-6-16-14(9-12)19(7-8-23-16)11-17(21)22/h5-6,9,13,18H,1-4,7-8,10-11H2,(H,21,22). The zero-order chi connectivity index (χ0) is 16.2. The third kappa shape index (κ3) is 3.82. The normalized spacial score (nSPS) is 17.7. The van der Waals surface area contributed by atoms with E-state index in [0.717, 1.165) is 12.8 Å². The van der Waals surface area contributed by atoms with Crippen LogP contribution in [0.5, 0.6) is 5.75 Å². The van der Waals surface area contributed by atoms with Gasteiger partial charge in [0.2, 0.25) is 0 Å². The third-order valence-corrected chi connectivity index (χ3v) is 4.47. The lowest BCUT2D eigenvalue weighted by atomic mass is 10.1. The Balaban J connectivity index is 1.70. The van der Waals surface area contributed by atoms with E-state index >= 15 is 0 Å². The highest BCUT2D eigenvalue weighted by Crippen LogP contribution is 2.32. The molecule has 1 aliphatic carbocycles. The van der Waals surface area contributed by atoms with E-state index in [1.54, 1.807) is 23.1 Å². The van der Waals surface area contributed by atoms with Crippen LogP contribution in [0.15, 0.2) is 18.2 Å². The van der Waals surface area contributed by atoms with E-state index in [2.05, 4.69) is 5.32 Å². The topological polar surface area (TPSA) is 78.9 Å². The summed E-state index contributed by atoms with van der Waals surface area (Å²) in [7, 11) is 0. The van der Waals surface area contributed by atoms with Crippen LogP contribution in [0.4, 0.5) is 5.69 Å². The number of rotatable bonds is 6. The Labute approximate surface area is 135 Å². The maximum Gasteiger partial charge on any atom is 0.323 e. The van der Waals surface area contributed by atoms with Gasteiger partial charge in [0.25, 0.3) is 0 Å². The van der Waals surface area contributed by atoms with Gasteiger partial charge in [0.05, 0.1) is 18.8 Å². The van der Waals surface area contributed by atoms with Gasteiger partial charge in [-0.1, -0.05) is 12.8 Å². The smallest absolute Gasteiger partial charge is 0.323 e. The van der Waals surface area contributed by atoms with Crippen LogP contribution in [-0.2, 0) is 4.79 Å². The molecule has 3 rings (SSSR count). The van der Waals surface area contributed by atoms with Crippen molar-refractivity contribution in [1.82, 2.24) is 5.32 Å². The van der Waals surface area contributed by atoms with Crippen LogP contribution >= 0.6 is 0 Å². The molecule has 0 spiro atoms. The molecule has 23 heavy (non-hydrogen) atoms. The Hall–Kier alpha value is -2.08. The van der Waals surface area contributed by atoms with Gasteiger partial charge in [0.1, 0.15) is 18.9 Å². The van der Waals surface area contributed by atoms with Gasteiger partial charge in [-0.05, 0) is 31.0 Å². The summed E-state index contributed by atoms with van der Waals surface area (Å²) >= 11 is 0. The Kier molecular flexibility index (Phi) is 4.81. The van der Waals surface area contributed by atoms with Crippen molar-refractivity contribution in [3.05, 3.63) is 23.8 Å². The molecule has 6 heteroatoms. The zero-order valence-corrected chi connectivity index (χ0v) is 13.1. The third-order valence-electron chi connectivity index (χ3n) is 4.47. The van der Waals surface area contributed by atoms with Crippen molar-refractivity contribution in [1.29, 1.82) is 0 Å². The van der Waals surface area contributed by atoms with Crippen molar-refractivity contribution in [2.75, 3.05) is 31.1 Å². The van der Waals surface area contributed by atoms with Crippen LogP contribution in [0, 0.1) is 0 Å². The van der Waals surface area contributed by atoms with Crippen LogP contribution < -0.4 is 15.0 Å². The lowest BCUT2D eigenvalue weighted by Crippen LogP contribution is -2.37. The minimum absolute atomic E-state index is 0.0283. The number of Topliss-reactive ketones (excluding diaryl/α,β-unsaturated/α-hetero) is 1. The molecule has 0 bridgehead atoms. The molecule has 1 saturated carbocycles. The molecular weight excluding hydrogens is 296 g/mol. The average molecular weight is 318 g/mol. The van der Waals surface area contributed by atoms with Gasteiger partial charge < -0.3 is 20.1 Å². The number of hydrogen-bond acceptors (Lipinski definition) is 5. The van der Waals surface area contributed by atoms with Gasteiger partial charge >= 0.3 is 5.97 Å². The van der Waals surface area contributed by atoms with Crippen LogP contribution in [0.3, 0.4) is 0 Å². The molecule has 0 unspecified atom stereocenters. The fraction of sp³-hybridized carbons (Fsp3) is 0.529. The van der Waals surface area contributed by atoms with E-state index in [0.29, 0.717) is 42.7 Å². The number of nitrogens with one attached hydrogen (secondary N) is 1. The number of ketones is 1. The fourth-order valence-electron chi connectivity index (χ4n) is 3.24. The maximum atomic E-state index is 12.4. The van der Waals surface area contributed by atoms with Crippen LogP contribution in [0.2, 0.25) is 0 Å². The summed E-state index contributed by atoms with van der Waals surface area (Å²) in [6.45, 7) is 1.20. The number of anilines is 1. The van der Waals surface area contributed by atoms with E-state index in [1.165, 1.54) is 12.8 Å². The van der Waals surface area contributed by atoms with Gasteiger partial charge in [-0.25, -0.2) is 0 Å². The molecule has 124 valence electrons. The van der Waals surface area contributed by atoms with E-state index in [-0.39, 0.29) is 12.3 Å². The molecule has 0 atom stereocenters. The van der Waals surface area contributed by atoms with Crippen LogP contribution in [-0.4, -0.2) is 49.1 Å². The minimum Gasteiger partial charge on any atom is -0.490 e. The molecule has 2 aliphatic rings. The highest BCUT2D eigenvalue weighted by atomic mass is 16.5. The molecule has 1 fully saturated rings. The molecule has 0 saturated heterocycles. The number of carboxylic acids is 1. The highest BCUT2D eigenvalue weighted by Gasteiger charge is 2.22. The molecular formula is C17H22N2O4. The quantitative estimate of drug-likeness (QED) is 0.777. The van der Waals surface area contributed by atoms with Crippen molar-refractivity contribution in [2.24, 2.45) is 0 Å². The molecule has 1 aromatic carbocycles. The number of carbonyl (C=O) groups excluding carboxylic acids is 1. The predicted octanol–water partition coefficient (Wildman–Crippen LogP) is 1.68. The summed E-state index contributed by atoms with van der Waals surface area (Å²) in [5.74, 6) is -0.226. The number of carboxylic acid groups (broad SMARTS) is 1. The molecule has 6 nitrogen and oxygen atoms in total. The Morgan fingerprint density at radius 1 is 1.30 bits per heavy atom. The summed E-state index contributed by atoms with van der Waals surface area (Å²) in [6, 6.07) is 5.70. The zero-order valence-electron chi connectivity index (χ0n) is 13.1. The number of hydrogen-bond donors (Lipinski definition) is 2. The molecule has 0 amide bonds. The average Bonchev–Trinajstić information content (AvgIpc) is 3.05. The van der Waals surface area contributed by atoms with Crippen molar-refractivity contribution in [3.8, 4) is 5.75 Å². The number of ether oxygens (including phenoxy) is 1. The monoisotopic (exact) mass is 318 g/mol. The Morgan fingerprint density at radius 2 is 2.09 bits per heavy atom. The SMILES string of the molecule is O=C(O)CN1CCOc2ccc(C(=O)CNC3CCCC3)cc21. The lowest BCUT2D eigenvalue weighted by Gasteiger charge is -2.30. The van der Waals surface area contributed by atoms with Crippen molar-refractivity contribution in [3.63, 3.8) is 0 Å². The number of aliphatic carboxylic acids is 1. The molecule has 1 aliphatic heterocycles. The second kappa shape index (κ2) is 7.00.